The van der Waals surface area contributed by atoms with Crippen molar-refractivity contribution in [2.45, 2.75) is 0 Å². The summed E-state index contributed by atoms with van der Waals surface area (Å²) < 4.78 is 0.944. The van der Waals surface area contributed by atoms with Gasteiger partial charge in [0.2, 0.25) is 11.8 Å². The first-order valence-corrected chi connectivity index (χ1v) is 6.00. The van der Waals surface area contributed by atoms with Crippen LogP contribution in [0.5, 0.6) is 0 Å². The maximum absolute atomic E-state index is 11.1. The molecule has 5 nitrogen and oxygen atoms in total. The zero-order valence-electron chi connectivity index (χ0n) is 7.49. The van der Waals surface area contributed by atoms with Crippen LogP contribution < -0.4 is 11.1 Å². The highest BCUT2D eigenvalue weighted by atomic mass is 32.2. The predicted octanol–water partition coefficient (Wildman–Crippen LogP) is -0.576. The molecule has 0 aliphatic carbocycles. The third-order valence-corrected chi connectivity index (χ3v) is 3.60. The largest absolute Gasteiger partial charge is 0.368 e. The number of carbonyl (C=O) groups excluding carboxylic acids is 2. The minimum atomic E-state index is -0.532. The molecule has 0 aromatic rings. The second kappa shape index (κ2) is 5.92. The van der Waals surface area contributed by atoms with Crippen molar-refractivity contribution in [3.05, 3.63) is 0 Å². The summed E-state index contributed by atoms with van der Waals surface area (Å²) in [7, 11) is 0. The summed E-state index contributed by atoms with van der Waals surface area (Å²) in [6.07, 6.45) is 0. The monoisotopic (exact) mass is 233 g/mol. The number of amides is 2. The van der Waals surface area contributed by atoms with Crippen LogP contribution in [0.3, 0.4) is 0 Å². The van der Waals surface area contributed by atoms with Crippen molar-refractivity contribution >= 4 is 39.7 Å². The Morgan fingerprint density at radius 3 is 3.00 bits per heavy atom. The molecule has 1 rings (SSSR count). The van der Waals surface area contributed by atoms with Crippen molar-refractivity contribution in [2.75, 3.05) is 24.6 Å². The van der Waals surface area contributed by atoms with Gasteiger partial charge in [-0.1, -0.05) is 23.5 Å². The van der Waals surface area contributed by atoms with Crippen LogP contribution in [0.2, 0.25) is 0 Å². The Balaban J connectivity index is 2.11. The fraction of sp³-hybridized carbons (Fsp3) is 0.571. The first kappa shape index (κ1) is 11.4. The second-order valence-electron chi connectivity index (χ2n) is 2.53. The zero-order chi connectivity index (χ0) is 10.4. The summed E-state index contributed by atoms with van der Waals surface area (Å²) in [6.45, 7) is 0.731. The van der Waals surface area contributed by atoms with Crippen LogP contribution in [0.25, 0.3) is 0 Å². The van der Waals surface area contributed by atoms with E-state index in [2.05, 4.69) is 10.3 Å². The fourth-order valence-corrected chi connectivity index (χ4v) is 2.61. The molecule has 2 amide bonds. The Kier molecular flexibility index (Phi) is 4.81. The SMILES string of the molecule is NC(=O)CNC(=O)CSC1=NCCS1. The standard InChI is InChI=1S/C7H11N3O2S2/c8-5(11)3-10-6(12)4-14-7-9-1-2-13-7/h1-4H2,(H2,8,11)(H,10,12). The third-order valence-electron chi connectivity index (χ3n) is 1.34. The maximum atomic E-state index is 11.1. The lowest BCUT2D eigenvalue weighted by Gasteiger charge is -2.01. The topological polar surface area (TPSA) is 84.5 Å². The average molecular weight is 233 g/mol. The molecule has 78 valence electrons. The highest BCUT2D eigenvalue weighted by Gasteiger charge is 2.10. The molecule has 0 radical (unpaired) electrons. The Bertz CT molecular complexity index is 268. The molecule has 0 saturated heterocycles. The summed E-state index contributed by atoms with van der Waals surface area (Å²) in [5, 5.41) is 2.41. The van der Waals surface area contributed by atoms with E-state index in [4.69, 9.17) is 5.73 Å². The number of aliphatic imine (C=N–C) groups is 1. The number of nitrogens with two attached hydrogens (primary N) is 1. The Labute approximate surface area is 90.3 Å². The van der Waals surface area contributed by atoms with Crippen LogP contribution in [-0.4, -0.2) is 40.8 Å². The van der Waals surface area contributed by atoms with Crippen LogP contribution >= 0.6 is 23.5 Å². The molecule has 1 aliphatic heterocycles. The number of thioether (sulfide) groups is 2. The summed E-state index contributed by atoms with van der Waals surface area (Å²) >= 11 is 3.04. The fourth-order valence-electron chi connectivity index (χ4n) is 0.767. The molecule has 0 aromatic heterocycles. The molecule has 1 heterocycles. The summed E-state index contributed by atoms with van der Waals surface area (Å²) in [5.74, 6) is 0.560. The van der Waals surface area contributed by atoms with E-state index in [1.54, 1.807) is 11.8 Å². The van der Waals surface area contributed by atoms with Gasteiger partial charge in [-0.3, -0.25) is 14.6 Å². The minimum Gasteiger partial charge on any atom is -0.368 e. The smallest absolute Gasteiger partial charge is 0.236 e. The molecule has 1 aliphatic rings. The van der Waals surface area contributed by atoms with E-state index < -0.39 is 5.91 Å². The molecule has 0 fully saturated rings. The Hall–Kier alpha value is -0.690. The Morgan fingerprint density at radius 1 is 1.64 bits per heavy atom. The predicted molar refractivity (Wildman–Crippen MR) is 59.4 cm³/mol. The van der Waals surface area contributed by atoms with Crippen molar-refractivity contribution in [1.82, 2.24) is 5.32 Å². The molecule has 3 N–H and O–H groups in total. The van der Waals surface area contributed by atoms with Gasteiger partial charge in [-0.2, -0.15) is 0 Å². The van der Waals surface area contributed by atoms with Crippen molar-refractivity contribution < 1.29 is 9.59 Å². The van der Waals surface area contributed by atoms with Crippen LogP contribution in [0, 0.1) is 0 Å². The van der Waals surface area contributed by atoms with Crippen LogP contribution in [0.4, 0.5) is 0 Å². The quantitative estimate of drug-likeness (QED) is 0.680. The van der Waals surface area contributed by atoms with Gasteiger partial charge in [0.25, 0.3) is 0 Å². The normalized spacial score (nSPS) is 15.0. The highest BCUT2D eigenvalue weighted by molar-refractivity contribution is 8.39. The lowest BCUT2D eigenvalue weighted by molar-refractivity contribution is -0.123. The van der Waals surface area contributed by atoms with E-state index in [0.717, 1.165) is 16.7 Å². The summed E-state index contributed by atoms with van der Waals surface area (Å²) in [4.78, 5) is 25.6. The maximum Gasteiger partial charge on any atom is 0.236 e. The molecule has 0 bridgehead atoms. The van der Waals surface area contributed by atoms with E-state index >= 15 is 0 Å². The molecule has 0 unspecified atom stereocenters. The highest BCUT2D eigenvalue weighted by Crippen LogP contribution is 2.21. The third kappa shape index (κ3) is 4.52. The lowest BCUT2D eigenvalue weighted by Crippen LogP contribution is -2.34. The number of primary amides is 1. The number of hydrogen-bond donors (Lipinski definition) is 2. The van der Waals surface area contributed by atoms with Crippen LogP contribution in [0.1, 0.15) is 0 Å². The molecule has 7 heteroatoms. The van der Waals surface area contributed by atoms with Gasteiger partial charge in [-0.25, -0.2) is 0 Å². The molecule has 0 spiro atoms. The first-order valence-electron chi connectivity index (χ1n) is 4.03. The van der Waals surface area contributed by atoms with Crippen LogP contribution in [-0.2, 0) is 9.59 Å². The first-order chi connectivity index (χ1) is 6.68. The zero-order valence-corrected chi connectivity index (χ0v) is 9.12. The van der Waals surface area contributed by atoms with Crippen molar-refractivity contribution in [2.24, 2.45) is 10.7 Å². The summed E-state index contributed by atoms with van der Waals surface area (Å²) in [5.41, 5.74) is 4.87. The molecular formula is C7H11N3O2S2. The Morgan fingerprint density at radius 2 is 2.43 bits per heavy atom. The van der Waals surface area contributed by atoms with Gasteiger partial charge in [0, 0.05) is 5.75 Å². The molecule has 0 saturated carbocycles. The second-order valence-corrected chi connectivity index (χ2v) is 4.83. The van der Waals surface area contributed by atoms with E-state index in [1.807, 2.05) is 0 Å². The minimum absolute atomic E-state index is 0.0982. The lowest BCUT2D eigenvalue weighted by atomic mass is 10.6. The number of nitrogens with zero attached hydrogens (tertiary/aromatic N) is 1. The molecule has 0 atom stereocenters. The van der Waals surface area contributed by atoms with E-state index in [0.29, 0.717) is 5.75 Å². The molecular weight excluding hydrogens is 222 g/mol. The van der Waals surface area contributed by atoms with E-state index in [1.165, 1.54) is 11.8 Å². The van der Waals surface area contributed by atoms with Crippen molar-refractivity contribution in [3.63, 3.8) is 0 Å². The van der Waals surface area contributed by atoms with Gasteiger partial charge >= 0.3 is 0 Å². The van der Waals surface area contributed by atoms with Gasteiger partial charge in [-0.05, 0) is 0 Å². The molecule has 0 aromatic carbocycles. The van der Waals surface area contributed by atoms with E-state index in [-0.39, 0.29) is 12.5 Å². The average Bonchev–Trinajstić information content (AvgIpc) is 2.63. The number of hydrogen-bond acceptors (Lipinski definition) is 5. The molecule has 14 heavy (non-hydrogen) atoms. The van der Waals surface area contributed by atoms with Gasteiger partial charge in [0.1, 0.15) is 4.38 Å². The number of nitrogens with one attached hydrogen (secondary N) is 1. The van der Waals surface area contributed by atoms with Gasteiger partial charge in [-0.15, -0.1) is 0 Å². The number of carbonyl (C=O) groups is 2. The van der Waals surface area contributed by atoms with Gasteiger partial charge in [0.15, 0.2) is 0 Å². The summed E-state index contributed by atoms with van der Waals surface area (Å²) in [6, 6.07) is 0. The van der Waals surface area contributed by atoms with E-state index in [9.17, 15) is 9.59 Å². The van der Waals surface area contributed by atoms with Gasteiger partial charge < -0.3 is 11.1 Å². The van der Waals surface area contributed by atoms with Crippen LogP contribution in [0.15, 0.2) is 4.99 Å². The van der Waals surface area contributed by atoms with Crippen molar-refractivity contribution in [1.29, 1.82) is 0 Å². The number of rotatable bonds is 4. The van der Waals surface area contributed by atoms with Crippen molar-refractivity contribution in [3.8, 4) is 0 Å². The van der Waals surface area contributed by atoms with Gasteiger partial charge in [0.05, 0.1) is 18.8 Å².